The third kappa shape index (κ3) is 1.75. The normalized spacial score (nSPS) is 18.5. The number of anilines is 2. The molecule has 1 unspecified atom stereocenters. The minimum atomic E-state index is 0.320. The number of hydrogen-bond donors (Lipinski definition) is 2. The lowest BCUT2D eigenvalue weighted by atomic mass is 10.0. The molecule has 17 heavy (non-hydrogen) atoms. The van der Waals surface area contributed by atoms with E-state index in [1.54, 1.807) is 0 Å². The molecule has 0 spiro atoms. The molecule has 1 aliphatic heterocycles. The summed E-state index contributed by atoms with van der Waals surface area (Å²) in [7, 11) is 0. The second-order valence-corrected chi connectivity index (χ2v) is 4.51. The van der Waals surface area contributed by atoms with Crippen molar-refractivity contribution < 1.29 is 0 Å². The molecule has 0 saturated heterocycles. The highest BCUT2D eigenvalue weighted by atomic mass is 15.4. The van der Waals surface area contributed by atoms with Crippen molar-refractivity contribution in [1.82, 2.24) is 9.78 Å². The summed E-state index contributed by atoms with van der Waals surface area (Å²) in [4.78, 5) is 0. The van der Waals surface area contributed by atoms with Crippen molar-refractivity contribution in [3.63, 3.8) is 0 Å². The number of nitrogens with zero attached hydrogens (tertiary/aromatic N) is 2. The molecular formula is C13H16N4. The Bertz CT molecular complexity index is 527. The van der Waals surface area contributed by atoms with Gasteiger partial charge < -0.3 is 11.1 Å². The number of benzene rings is 1. The molecular weight excluding hydrogens is 212 g/mol. The van der Waals surface area contributed by atoms with Crippen LogP contribution in [-0.4, -0.2) is 16.3 Å². The largest absolute Gasteiger partial charge is 0.399 e. The van der Waals surface area contributed by atoms with Crippen LogP contribution in [0.15, 0.2) is 30.3 Å². The van der Waals surface area contributed by atoms with Gasteiger partial charge in [0.15, 0.2) is 0 Å². The number of aryl methyl sites for hydroxylation is 1. The molecule has 2 heterocycles. The number of nitrogen functional groups attached to an aromatic ring is 1. The first-order chi connectivity index (χ1) is 8.24. The first-order valence-electron chi connectivity index (χ1n) is 5.89. The molecule has 3 rings (SSSR count). The SMILES string of the molecule is Cc1cc2n(n1)C(c1ccc(N)cc1)CCN2. The molecule has 0 fully saturated rings. The van der Waals surface area contributed by atoms with Crippen LogP contribution >= 0.6 is 0 Å². The van der Waals surface area contributed by atoms with E-state index in [4.69, 9.17) is 5.73 Å². The maximum absolute atomic E-state index is 5.72. The molecule has 2 aromatic rings. The Balaban J connectivity index is 2.02. The van der Waals surface area contributed by atoms with Gasteiger partial charge in [-0.25, -0.2) is 4.68 Å². The van der Waals surface area contributed by atoms with Gasteiger partial charge in [-0.3, -0.25) is 0 Å². The molecule has 1 aromatic heterocycles. The number of aromatic nitrogens is 2. The number of nitrogens with two attached hydrogens (primary N) is 1. The Labute approximate surface area is 100 Å². The molecule has 1 atom stereocenters. The van der Waals surface area contributed by atoms with E-state index in [1.807, 2.05) is 19.1 Å². The van der Waals surface area contributed by atoms with Crippen molar-refractivity contribution in [2.75, 3.05) is 17.6 Å². The second kappa shape index (κ2) is 3.80. The van der Waals surface area contributed by atoms with Crippen LogP contribution in [-0.2, 0) is 0 Å². The van der Waals surface area contributed by atoms with E-state index in [9.17, 15) is 0 Å². The number of hydrogen-bond acceptors (Lipinski definition) is 3. The van der Waals surface area contributed by atoms with Crippen LogP contribution in [0.25, 0.3) is 0 Å². The molecule has 1 aromatic carbocycles. The maximum Gasteiger partial charge on any atom is 0.125 e. The van der Waals surface area contributed by atoms with Crippen molar-refractivity contribution >= 4 is 11.5 Å². The van der Waals surface area contributed by atoms with E-state index >= 15 is 0 Å². The summed E-state index contributed by atoms with van der Waals surface area (Å²) in [5.74, 6) is 1.11. The van der Waals surface area contributed by atoms with Crippen LogP contribution in [0.4, 0.5) is 11.5 Å². The number of fused-ring (bicyclic) bond motifs is 1. The van der Waals surface area contributed by atoms with E-state index < -0.39 is 0 Å². The van der Waals surface area contributed by atoms with E-state index in [0.717, 1.165) is 30.2 Å². The van der Waals surface area contributed by atoms with Gasteiger partial charge in [0.1, 0.15) is 5.82 Å². The van der Waals surface area contributed by atoms with Gasteiger partial charge in [0.25, 0.3) is 0 Å². The fourth-order valence-corrected chi connectivity index (χ4v) is 2.37. The fraction of sp³-hybridized carbons (Fsp3) is 0.308. The summed E-state index contributed by atoms with van der Waals surface area (Å²) >= 11 is 0. The Hall–Kier alpha value is -1.97. The van der Waals surface area contributed by atoms with Crippen LogP contribution in [0.2, 0.25) is 0 Å². The zero-order valence-electron chi connectivity index (χ0n) is 9.85. The first kappa shape index (κ1) is 10.2. The van der Waals surface area contributed by atoms with Crippen LogP contribution < -0.4 is 11.1 Å². The van der Waals surface area contributed by atoms with Gasteiger partial charge in [0, 0.05) is 18.3 Å². The van der Waals surface area contributed by atoms with Gasteiger partial charge in [-0.15, -0.1) is 0 Å². The molecule has 88 valence electrons. The lowest BCUT2D eigenvalue weighted by Crippen LogP contribution is -2.24. The highest BCUT2D eigenvalue weighted by Gasteiger charge is 2.22. The third-order valence-electron chi connectivity index (χ3n) is 3.20. The molecule has 0 radical (unpaired) electrons. The summed E-state index contributed by atoms with van der Waals surface area (Å²) in [6.07, 6.45) is 1.05. The molecule has 3 N–H and O–H groups in total. The monoisotopic (exact) mass is 228 g/mol. The van der Waals surface area contributed by atoms with Crippen LogP contribution in [0, 0.1) is 6.92 Å². The Morgan fingerprint density at radius 3 is 2.88 bits per heavy atom. The first-order valence-corrected chi connectivity index (χ1v) is 5.89. The van der Waals surface area contributed by atoms with Crippen molar-refractivity contribution in [3.8, 4) is 0 Å². The van der Waals surface area contributed by atoms with Crippen LogP contribution in [0.3, 0.4) is 0 Å². The highest BCUT2D eigenvalue weighted by molar-refractivity contribution is 5.44. The quantitative estimate of drug-likeness (QED) is 0.735. The van der Waals surface area contributed by atoms with E-state index in [-0.39, 0.29) is 0 Å². The predicted molar refractivity (Wildman–Crippen MR) is 69.1 cm³/mol. The zero-order valence-corrected chi connectivity index (χ0v) is 9.85. The molecule has 0 bridgehead atoms. The number of rotatable bonds is 1. The summed E-state index contributed by atoms with van der Waals surface area (Å²) < 4.78 is 2.07. The van der Waals surface area contributed by atoms with Crippen molar-refractivity contribution in [2.24, 2.45) is 0 Å². The average Bonchev–Trinajstić information content (AvgIpc) is 2.70. The van der Waals surface area contributed by atoms with Gasteiger partial charge in [0.2, 0.25) is 0 Å². The standard InChI is InChI=1S/C13H16N4/c1-9-8-13-15-7-6-12(17(13)16-9)10-2-4-11(14)5-3-10/h2-5,8,12,15H,6-7,14H2,1H3. The number of nitrogens with one attached hydrogen (secondary N) is 1. The molecule has 0 amide bonds. The average molecular weight is 228 g/mol. The van der Waals surface area contributed by atoms with E-state index in [0.29, 0.717) is 6.04 Å². The van der Waals surface area contributed by atoms with E-state index in [2.05, 4.69) is 33.3 Å². The van der Waals surface area contributed by atoms with Crippen molar-refractivity contribution in [2.45, 2.75) is 19.4 Å². The Morgan fingerprint density at radius 2 is 2.12 bits per heavy atom. The summed E-state index contributed by atoms with van der Waals surface area (Å²) in [6.45, 7) is 3.01. The van der Waals surface area contributed by atoms with Gasteiger partial charge >= 0.3 is 0 Å². The maximum atomic E-state index is 5.72. The summed E-state index contributed by atoms with van der Waals surface area (Å²) in [5.41, 5.74) is 8.84. The topological polar surface area (TPSA) is 55.9 Å². The lowest BCUT2D eigenvalue weighted by Gasteiger charge is -2.26. The Kier molecular flexibility index (Phi) is 2.28. The van der Waals surface area contributed by atoms with Gasteiger partial charge in [0.05, 0.1) is 11.7 Å². The van der Waals surface area contributed by atoms with Crippen LogP contribution in [0.1, 0.15) is 23.7 Å². The summed E-state index contributed by atoms with van der Waals surface area (Å²) in [5, 5.41) is 7.92. The van der Waals surface area contributed by atoms with Gasteiger partial charge in [-0.05, 0) is 31.0 Å². The molecule has 4 nitrogen and oxygen atoms in total. The van der Waals surface area contributed by atoms with Gasteiger partial charge in [-0.2, -0.15) is 5.10 Å². The summed E-state index contributed by atoms with van der Waals surface area (Å²) in [6, 6.07) is 10.5. The molecule has 0 aliphatic carbocycles. The third-order valence-corrected chi connectivity index (χ3v) is 3.20. The molecule has 1 aliphatic rings. The lowest BCUT2D eigenvalue weighted by molar-refractivity contribution is 0.480. The second-order valence-electron chi connectivity index (χ2n) is 4.51. The molecule has 0 saturated carbocycles. The van der Waals surface area contributed by atoms with E-state index in [1.165, 1.54) is 5.56 Å². The fourth-order valence-electron chi connectivity index (χ4n) is 2.37. The smallest absolute Gasteiger partial charge is 0.125 e. The highest BCUT2D eigenvalue weighted by Crippen LogP contribution is 2.29. The minimum absolute atomic E-state index is 0.320. The van der Waals surface area contributed by atoms with Crippen molar-refractivity contribution in [1.29, 1.82) is 0 Å². The molecule has 4 heteroatoms. The van der Waals surface area contributed by atoms with Crippen molar-refractivity contribution in [3.05, 3.63) is 41.6 Å². The Morgan fingerprint density at radius 1 is 1.35 bits per heavy atom. The minimum Gasteiger partial charge on any atom is -0.399 e. The van der Waals surface area contributed by atoms with Crippen LogP contribution in [0.5, 0.6) is 0 Å². The van der Waals surface area contributed by atoms with Gasteiger partial charge in [-0.1, -0.05) is 12.1 Å². The predicted octanol–water partition coefficient (Wildman–Crippen LogP) is 2.18. The zero-order chi connectivity index (χ0) is 11.8.